The number of hydrogen-bond donors (Lipinski definition) is 1. The molecule has 0 spiro atoms. The Morgan fingerprint density at radius 2 is 2.10 bits per heavy atom. The molecule has 1 aliphatic rings. The highest BCUT2D eigenvalue weighted by molar-refractivity contribution is 4.86. The summed E-state index contributed by atoms with van der Waals surface area (Å²) < 4.78 is 0. The first-order valence-electron chi connectivity index (χ1n) is 4.03. The summed E-state index contributed by atoms with van der Waals surface area (Å²) in [7, 11) is 0. The predicted molar refractivity (Wildman–Crippen MR) is 41.2 cm³/mol. The molecule has 1 fully saturated rings. The molecule has 10 heavy (non-hydrogen) atoms. The van der Waals surface area contributed by atoms with Gasteiger partial charge in [0.25, 0.3) is 0 Å². The molecule has 0 saturated heterocycles. The van der Waals surface area contributed by atoms with Gasteiger partial charge in [0.2, 0.25) is 0 Å². The summed E-state index contributed by atoms with van der Waals surface area (Å²) in [6.07, 6.45) is 4.94. The van der Waals surface area contributed by atoms with Crippen molar-refractivity contribution in [3.8, 4) is 0 Å². The first-order valence-corrected chi connectivity index (χ1v) is 4.03. The number of rotatable bonds is 1. The van der Waals surface area contributed by atoms with Crippen LogP contribution in [-0.4, -0.2) is 6.04 Å². The number of hydrogen-bond acceptors (Lipinski definition) is 2. The summed E-state index contributed by atoms with van der Waals surface area (Å²) in [5, 5.41) is 3.65. The fourth-order valence-corrected chi connectivity index (χ4v) is 1.71. The molecule has 0 bridgehead atoms. The van der Waals surface area contributed by atoms with Crippen LogP contribution in [0.15, 0.2) is 5.11 Å². The van der Waals surface area contributed by atoms with Crippen LogP contribution in [0, 0.1) is 10.9 Å². The second-order valence-corrected chi connectivity index (χ2v) is 3.88. The smallest absolute Gasteiger partial charge is 0.0756 e. The molecule has 1 saturated carbocycles. The van der Waals surface area contributed by atoms with E-state index in [2.05, 4.69) is 19.0 Å². The summed E-state index contributed by atoms with van der Waals surface area (Å²) in [4.78, 5) is 0. The molecule has 0 aromatic carbocycles. The van der Waals surface area contributed by atoms with E-state index in [1.165, 1.54) is 19.3 Å². The van der Waals surface area contributed by atoms with E-state index in [9.17, 15) is 0 Å². The van der Waals surface area contributed by atoms with Crippen LogP contribution in [0.25, 0.3) is 0 Å². The Morgan fingerprint density at radius 1 is 1.40 bits per heavy atom. The molecule has 1 rings (SSSR count). The molecule has 2 heteroatoms. The van der Waals surface area contributed by atoms with Crippen molar-refractivity contribution in [2.75, 3.05) is 0 Å². The van der Waals surface area contributed by atoms with Gasteiger partial charge in [-0.05, 0) is 18.3 Å². The van der Waals surface area contributed by atoms with Crippen LogP contribution < -0.4 is 0 Å². The van der Waals surface area contributed by atoms with Crippen LogP contribution in [0.1, 0.15) is 39.5 Å². The highest BCUT2D eigenvalue weighted by Crippen LogP contribution is 2.37. The average molecular weight is 140 g/mol. The lowest BCUT2D eigenvalue weighted by Gasteiger charge is -2.34. The quantitative estimate of drug-likeness (QED) is 0.543. The lowest BCUT2D eigenvalue weighted by atomic mass is 9.74. The fourth-order valence-electron chi connectivity index (χ4n) is 1.71. The highest BCUT2D eigenvalue weighted by Gasteiger charge is 2.31. The molecule has 0 amide bonds. The second-order valence-electron chi connectivity index (χ2n) is 3.88. The third-order valence-electron chi connectivity index (χ3n) is 2.61. The minimum Gasteiger partial charge on any atom is -0.210 e. The molecule has 1 unspecified atom stereocenters. The molecule has 0 aliphatic heterocycles. The van der Waals surface area contributed by atoms with Crippen LogP contribution >= 0.6 is 0 Å². The van der Waals surface area contributed by atoms with Gasteiger partial charge in [-0.15, -0.1) is 0 Å². The first kappa shape index (κ1) is 7.70. The van der Waals surface area contributed by atoms with Crippen LogP contribution in [0.3, 0.4) is 0 Å². The SMILES string of the molecule is CC1(C)CCCCC1N=N. The zero-order chi connectivity index (χ0) is 7.61. The zero-order valence-corrected chi connectivity index (χ0v) is 6.85. The molecule has 1 atom stereocenters. The molecular formula is C8H16N2. The monoisotopic (exact) mass is 140 g/mol. The first-order chi connectivity index (χ1) is 4.67. The zero-order valence-electron chi connectivity index (χ0n) is 6.85. The van der Waals surface area contributed by atoms with Crippen molar-refractivity contribution in [3.63, 3.8) is 0 Å². The lowest BCUT2D eigenvalue weighted by Crippen LogP contribution is -2.30. The maximum absolute atomic E-state index is 6.98. The van der Waals surface area contributed by atoms with Crippen molar-refractivity contribution in [2.45, 2.75) is 45.6 Å². The third kappa shape index (κ3) is 1.36. The van der Waals surface area contributed by atoms with E-state index in [1.54, 1.807) is 0 Å². The van der Waals surface area contributed by atoms with Gasteiger partial charge in [-0.2, -0.15) is 5.11 Å². The van der Waals surface area contributed by atoms with Gasteiger partial charge in [0.05, 0.1) is 6.04 Å². The second kappa shape index (κ2) is 2.69. The van der Waals surface area contributed by atoms with E-state index in [4.69, 9.17) is 5.53 Å². The third-order valence-corrected chi connectivity index (χ3v) is 2.61. The van der Waals surface area contributed by atoms with Gasteiger partial charge in [0.1, 0.15) is 0 Å². The number of nitrogens with one attached hydrogen (secondary N) is 1. The molecule has 2 nitrogen and oxygen atoms in total. The Morgan fingerprint density at radius 3 is 2.50 bits per heavy atom. The predicted octanol–water partition coefficient (Wildman–Crippen LogP) is 2.99. The lowest BCUT2D eigenvalue weighted by molar-refractivity contribution is 0.195. The Labute approximate surface area is 62.5 Å². The van der Waals surface area contributed by atoms with Gasteiger partial charge in [-0.1, -0.05) is 26.7 Å². The average Bonchev–Trinajstić information content (AvgIpc) is 1.87. The minimum atomic E-state index is 0.292. The van der Waals surface area contributed by atoms with E-state index >= 15 is 0 Å². The van der Waals surface area contributed by atoms with Gasteiger partial charge in [0, 0.05) is 0 Å². The van der Waals surface area contributed by atoms with Crippen LogP contribution in [-0.2, 0) is 0 Å². The van der Waals surface area contributed by atoms with Crippen molar-refractivity contribution < 1.29 is 0 Å². The van der Waals surface area contributed by atoms with E-state index in [1.807, 2.05) is 0 Å². The molecule has 1 N–H and O–H groups in total. The highest BCUT2D eigenvalue weighted by atomic mass is 15.0. The van der Waals surface area contributed by atoms with Crippen molar-refractivity contribution >= 4 is 0 Å². The summed E-state index contributed by atoms with van der Waals surface area (Å²) in [6, 6.07) is 0.293. The van der Waals surface area contributed by atoms with E-state index < -0.39 is 0 Å². The molecule has 0 aromatic rings. The van der Waals surface area contributed by atoms with Crippen molar-refractivity contribution in [2.24, 2.45) is 10.5 Å². The van der Waals surface area contributed by atoms with Gasteiger partial charge in [0.15, 0.2) is 0 Å². The molecule has 1 aliphatic carbocycles. The molecular weight excluding hydrogens is 124 g/mol. The number of nitrogens with zero attached hydrogens (tertiary/aromatic N) is 1. The van der Waals surface area contributed by atoms with E-state index in [-0.39, 0.29) is 0 Å². The maximum atomic E-state index is 6.98. The molecule has 58 valence electrons. The summed E-state index contributed by atoms with van der Waals surface area (Å²) in [6.45, 7) is 4.43. The van der Waals surface area contributed by atoms with Crippen molar-refractivity contribution in [3.05, 3.63) is 0 Å². The maximum Gasteiger partial charge on any atom is 0.0756 e. The van der Waals surface area contributed by atoms with Crippen LogP contribution in [0.4, 0.5) is 0 Å². The largest absolute Gasteiger partial charge is 0.210 e. The van der Waals surface area contributed by atoms with E-state index in [0.717, 1.165) is 6.42 Å². The standard InChI is InChI=1S/C8H16N2/c1-8(2)6-4-3-5-7(8)10-9/h7,9H,3-6H2,1-2H3. The van der Waals surface area contributed by atoms with Gasteiger partial charge in [-0.3, -0.25) is 0 Å². The fraction of sp³-hybridized carbons (Fsp3) is 1.00. The summed E-state index contributed by atoms with van der Waals surface area (Å²) >= 11 is 0. The topological polar surface area (TPSA) is 36.2 Å². The Balaban J connectivity index is 2.59. The molecule has 0 heterocycles. The Hall–Kier alpha value is -0.400. The van der Waals surface area contributed by atoms with Gasteiger partial charge in [-0.25, -0.2) is 5.53 Å². The van der Waals surface area contributed by atoms with Crippen LogP contribution in [0.5, 0.6) is 0 Å². The van der Waals surface area contributed by atoms with Gasteiger partial charge >= 0.3 is 0 Å². The molecule has 0 aromatic heterocycles. The Bertz CT molecular complexity index is 129. The normalized spacial score (nSPS) is 31.6. The van der Waals surface area contributed by atoms with Crippen LogP contribution in [0.2, 0.25) is 0 Å². The Kier molecular flexibility index (Phi) is 2.07. The molecule has 0 radical (unpaired) electrons. The van der Waals surface area contributed by atoms with Crippen molar-refractivity contribution in [1.82, 2.24) is 0 Å². The summed E-state index contributed by atoms with van der Waals surface area (Å²) in [5.74, 6) is 0. The van der Waals surface area contributed by atoms with Gasteiger partial charge < -0.3 is 0 Å². The van der Waals surface area contributed by atoms with Crippen molar-refractivity contribution in [1.29, 1.82) is 5.53 Å². The summed E-state index contributed by atoms with van der Waals surface area (Å²) in [5.41, 5.74) is 7.27. The minimum absolute atomic E-state index is 0.292. The van der Waals surface area contributed by atoms with E-state index in [0.29, 0.717) is 11.5 Å².